The number of carbonyl (C=O) groups is 1. The zero-order valence-corrected chi connectivity index (χ0v) is 14.1. The van der Waals surface area contributed by atoms with Crippen molar-refractivity contribution in [1.29, 1.82) is 0 Å². The van der Waals surface area contributed by atoms with Gasteiger partial charge in [0.2, 0.25) is 5.91 Å². The van der Waals surface area contributed by atoms with E-state index in [1.165, 1.54) is 0 Å². The van der Waals surface area contributed by atoms with Crippen molar-refractivity contribution < 1.29 is 13.2 Å². The Labute approximate surface area is 136 Å². The smallest absolute Gasteiger partial charge is 0.222 e. The third-order valence-electron chi connectivity index (χ3n) is 4.34. The first kappa shape index (κ1) is 16.1. The molecule has 0 saturated carbocycles. The molecule has 0 bridgehead atoms. The second-order valence-corrected chi connectivity index (χ2v) is 8.69. The number of amides is 1. The molecule has 2 aromatic rings. The molecule has 1 aliphatic rings. The van der Waals surface area contributed by atoms with Crippen LogP contribution in [0.3, 0.4) is 0 Å². The van der Waals surface area contributed by atoms with Gasteiger partial charge in [0.15, 0.2) is 9.84 Å². The molecule has 124 valence electrons. The van der Waals surface area contributed by atoms with E-state index in [1.807, 2.05) is 31.3 Å². The lowest BCUT2D eigenvalue weighted by molar-refractivity contribution is -0.131. The Hall–Kier alpha value is -1.82. The van der Waals surface area contributed by atoms with Gasteiger partial charge < -0.3 is 9.88 Å². The van der Waals surface area contributed by atoms with E-state index in [-0.39, 0.29) is 23.3 Å². The third kappa shape index (κ3) is 3.93. The van der Waals surface area contributed by atoms with Gasteiger partial charge in [-0.1, -0.05) is 13.0 Å². The Kier molecular flexibility index (Phi) is 4.43. The number of rotatable bonds is 3. The summed E-state index contributed by atoms with van der Waals surface area (Å²) in [4.78, 5) is 17.3. The van der Waals surface area contributed by atoms with Crippen molar-refractivity contribution in [2.45, 2.75) is 19.8 Å². The highest BCUT2D eigenvalue weighted by atomic mass is 32.2. The fourth-order valence-corrected chi connectivity index (χ4v) is 4.82. The molecule has 5 nitrogen and oxygen atoms in total. The SMILES string of the molecule is CC1CN(C(=O)CCc2ccc3[nH]ccc3c2)CCS(=O)(=O)C1. The summed E-state index contributed by atoms with van der Waals surface area (Å²) in [7, 11) is -3.02. The fraction of sp³-hybridized carbons (Fsp3) is 0.471. The number of benzene rings is 1. The van der Waals surface area contributed by atoms with Crippen molar-refractivity contribution >= 4 is 26.6 Å². The van der Waals surface area contributed by atoms with Crippen molar-refractivity contribution in [3.8, 4) is 0 Å². The lowest BCUT2D eigenvalue weighted by Gasteiger charge is -2.22. The molecule has 2 heterocycles. The predicted octanol–water partition coefficient (Wildman–Crippen LogP) is 1.99. The van der Waals surface area contributed by atoms with Crippen LogP contribution in [0.4, 0.5) is 0 Å². The van der Waals surface area contributed by atoms with E-state index in [9.17, 15) is 13.2 Å². The summed E-state index contributed by atoms with van der Waals surface area (Å²) >= 11 is 0. The van der Waals surface area contributed by atoms with Crippen LogP contribution in [0.1, 0.15) is 18.9 Å². The van der Waals surface area contributed by atoms with Crippen LogP contribution in [-0.4, -0.2) is 48.8 Å². The van der Waals surface area contributed by atoms with Gasteiger partial charge in [-0.25, -0.2) is 8.42 Å². The van der Waals surface area contributed by atoms with Crippen LogP contribution in [0.15, 0.2) is 30.5 Å². The van der Waals surface area contributed by atoms with Gasteiger partial charge in [-0.05, 0) is 41.5 Å². The maximum Gasteiger partial charge on any atom is 0.222 e. The van der Waals surface area contributed by atoms with Crippen LogP contribution in [0.25, 0.3) is 10.9 Å². The molecule has 1 amide bonds. The molecule has 1 saturated heterocycles. The highest BCUT2D eigenvalue weighted by molar-refractivity contribution is 7.91. The van der Waals surface area contributed by atoms with Gasteiger partial charge in [0, 0.05) is 31.2 Å². The van der Waals surface area contributed by atoms with Crippen molar-refractivity contribution in [2.75, 3.05) is 24.6 Å². The lowest BCUT2D eigenvalue weighted by Crippen LogP contribution is -2.35. The molecule has 1 unspecified atom stereocenters. The third-order valence-corrected chi connectivity index (χ3v) is 6.22. The molecule has 1 atom stereocenters. The molecule has 1 fully saturated rings. The number of carbonyl (C=O) groups excluding carboxylic acids is 1. The number of hydrogen-bond acceptors (Lipinski definition) is 3. The van der Waals surface area contributed by atoms with Crippen molar-refractivity contribution in [2.24, 2.45) is 5.92 Å². The highest BCUT2D eigenvalue weighted by Gasteiger charge is 2.26. The number of nitrogens with one attached hydrogen (secondary N) is 1. The minimum atomic E-state index is -3.02. The number of H-pyrrole nitrogens is 1. The average molecular weight is 334 g/mol. The maximum atomic E-state index is 12.4. The first-order chi connectivity index (χ1) is 10.9. The quantitative estimate of drug-likeness (QED) is 0.933. The Morgan fingerprint density at radius 1 is 1.35 bits per heavy atom. The van der Waals surface area contributed by atoms with Gasteiger partial charge in [-0.15, -0.1) is 0 Å². The zero-order chi connectivity index (χ0) is 16.4. The first-order valence-corrected chi connectivity index (χ1v) is 9.79. The zero-order valence-electron chi connectivity index (χ0n) is 13.3. The Balaban J connectivity index is 1.62. The normalized spacial score (nSPS) is 21.3. The molecule has 0 aliphatic carbocycles. The van der Waals surface area contributed by atoms with Gasteiger partial charge in [-0.3, -0.25) is 4.79 Å². The number of nitrogens with zero attached hydrogens (tertiary/aromatic N) is 1. The molecule has 0 spiro atoms. The number of aromatic amines is 1. The second-order valence-electron chi connectivity index (χ2n) is 6.46. The summed E-state index contributed by atoms with van der Waals surface area (Å²) in [6, 6.07) is 8.16. The van der Waals surface area contributed by atoms with Crippen LogP contribution in [0.2, 0.25) is 0 Å². The summed E-state index contributed by atoms with van der Waals surface area (Å²) in [5, 5.41) is 1.14. The second kappa shape index (κ2) is 6.35. The molecule has 3 rings (SSSR count). The minimum absolute atomic E-state index is 0.00246. The van der Waals surface area contributed by atoms with Gasteiger partial charge in [0.25, 0.3) is 0 Å². The molecule has 1 aliphatic heterocycles. The van der Waals surface area contributed by atoms with Crippen LogP contribution in [-0.2, 0) is 21.1 Å². The number of sulfone groups is 1. The van der Waals surface area contributed by atoms with Gasteiger partial charge in [0.05, 0.1) is 11.5 Å². The monoisotopic (exact) mass is 334 g/mol. The van der Waals surface area contributed by atoms with E-state index in [4.69, 9.17) is 0 Å². The summed E-state index contributed by atoms with van der Waals surface area (Å²) in [5.41, 5.74) is 2.22. The Morgan fingerprint density at radius 2 is 2.17 bits per heavy atom. The number of fused-ring (bicyclic) bond motifs is 1. The summed E-state index contributed by atoms with van der Waals surface area (Å²) in [6.07, 6.45) is 3.00. The van der Waals surface area contributed by atoms with Crippen LogP contribution in [0, 0.1) is 5.92 Å². The van der Waals surface area contributed by atoms with Crippen LogP contribution in [0.5, 0.6) is 0 Å². The lowest BCUT2D eigenvalue weighted by atomic mass is 10.1. The molecule has 6 heteroatoms. The summed E-state index contributed by atoms with van der Waals surface area (Å²) in [5.74, 6) is 0.310. The number of aryl methyl sites for hydroxylation is 1. The molecular formula is C17H22N2O3S. The first-order valence-electron chi connectivity index (χ1n) is 7.97. The van der Waals surface area contributed by atoms with Crippen LogP contribution < -0.4 is 0 Å². The van der Waals surface area contributed by atoms with E-state index < -0.39 is 9.84 Å². The van der Waals surface area contributed by atoms with Crippen LogP contribution >= 0.6 is 0 Å². The topological polar surface area (TPSA) is 70.2 Å². The Bertz CT molecular complexity index is 810. The molecule has 1 aromatic heterocycles. The minimum Gasteiger partial charge on any atom is -0.361 e. The van der Waals surface area contributed by atoms with Crippen molar-refractivity contribution in [3.05, 3.63) is 36.0 Å². The van der Waals surface area contributed by atoms with E-state index in [1.54, 1.807) is 4.90 Å². The van der Waals surface area contributed by atoms with Crippen molar-refractivity contribution in [3.63, 3.8) is 0 Å². The molecule has 23 heavy (non-hydrogen) atoms. The molecule has 1 aromatic carbocycles. The van der Waals surface area contributed by atoms with Gasteiger partial charge >= 0.3 is 0 Å². The van der Waals surface area contributed by atoms with Gasteiger partial charge in [0.1, 0.15) is 0 Å². The average Bonchev–Trinajstić information content (AvgIpc) is 2.90. The maximum absolute atomic E-state index is 12.4. The molecule has 0 radical (unpaired) electrons. The summed E-state index contributed by atoms with van der Waals surface area (Å²) in [6.45, 7) is 2.75. The number of hydrogen-bond donors (Lipinski definition) is 1. The largest absolute Gasteiger partial charge is 0.361 e. The summed E-state index contributed by atoms with van der Waals surface area (Å²) < 4.78 is 23.6. The number of aromatic nitrogens is 1. The van der Waals surface area contributed by atoms with E-state index in [0.29, 0.717) is 25.9 Å². The predicted molar refractivity (Wildman–Crippen MR) is 91.0 cm³/mol. The standard InChI is InChI=1S/C17H22N2O3S/c1-13-11-19(8-9-23(21,22)12-13)17(20)5-3-14-2-4-16-15(10-14)6-7-18-16/h2,4,6-7,10,13,18H,3,5,8-9,11-12H2,1H3. The Morgan fingerprint density at radius 3 is 3.00 bits per heavy atom. The molecule has 1 N–H and O–H groups in total. The van der Waals surface area contributed by atoms with E-state index in [2.05, 4.69) is 11.1 Å². The van der Waals surface area contributed by atoms with E-state index >= 15 is 0 Å². The van der Waals surface area contributed by atoms with Crippen molar-refractivity contribution in [1.82, 2.24) is 9.88 Å². The van der Waals surface area contributed by atoms with Gasteiger partial charge in [-0.2, -0.15) is 0 Å². The molecular weight excluding hydrogens is 312 g/mol. The highest BCUT2D eigenvalue weighted by Crippen LogP contribution is 2.17. The van der Waals surface area contributed by atoms with E-state index in [0.717, 1.165) is 16.5 Å². The fourth-order valence-electron chi connectivity index (χ4n) is 3.18.